The Hall–Kier alpha value is -2.58. The molecule has 0 unspecified atom stereocenters. The van der Waals surface area contributed by atoms with E-state index in [0.717, 1.165) is 4.90 Å². The highest BCUT2D eigenvalue weighted by Gasteiger charge is 2.19. The zero-order chi connectivity index (χ0) is 16.8. The number of ether oxygens (including phenoxy) is 1. The summed E-state index contributed by atoms with van der Waals surface area (Å²) >= 11 is 1.32. The SMILES string of the molecule is CC(=O)[C@@H](C)OC(=O)c1ccccc1Sc1ccccc1C#N. The van der Waals surface area contributed by atoms with Crippen LogP contribution >= 0.6 is 11.8 Å². The van der Waals surface area contributed by atoms with Crippen LogP contribution < -0.4 is 0 Å². The number of carbonyl (C=O) groups is 2. The van der Waals surface area contributed by atoms with Gasteiger partial charge in [0, 0.05) is 9.79 Å². The van der Waals surface area contributed by atoms with E-state index in [1.807, 2.05) is 18.2 Å². The fourth-order valence-electron chi connectivity index (χ4n) is 1.80. The Morgan fingerprint density at radius 1 is 1.09 bits per heavy atom. The van der Waals surface area contributed by atoms with Gasteiger partial charge in [-0.05, 0) is 38.1 Å². The van der Waals surface area contributed by atoms with Gasteiger partial charge in [-0.3, -0.25) is 4.79 Å². The second-order valence-corrected chi connectivity index (χ2v) is 5.95. The predicted molar refractivity (Wildman–Crippen MR) is 87.3 cm³/mol. The van der Waals surface area contributed by atoms with Crippen molar-refractivity contribution >= 4 is 23.5 Å². The number of nitriles is 1. The average molecular weight is 325 g/mol. The fourth-order valence-corrected chi connectivity index (χ4v) is 2.81. The molecule has 0 N–H and O–H groups in total. The van der Waals surface area contributed by atoms with Crippen LogP contribution in [0.1, 0.15) is 29.8 Å². The summed E-state index contributed by atoms with van der Waals surface area (Å²) in [5, 5.41) is 9.16. The molecule has 0 aromatic heterocycles. The molecule has 23 heavy (non-hydrogen) atoms. The second-order valence-electron chi connectivity index (χ2n) is 4.86. The minimum Gasteiger partial charge on any atom is -0.451 e. The van der Waals surface area contributed by atoms with Crippen molar-refractivity contribution in [2.24, 2.45) is 0 Å². The van der Waals surface area contributed by atoms with Gasteiger partial charge in [0.15, 0.2) is 11.9 Å². The first-order valence-electron chi connectivity index (χ1n) is 7.00. The van der Waals surface area contributed by atoms with E-state index in [9.17, 15) is 9.59 Å². The van der Waals surface area contributed by atoms with E-state index in [1.165, 1.54) is 18.7 Å². The number of esters is 1. The molecular formula is C18H15NO3S. The van der Waals surface area contributed by atoms with Crippen molar-refractivity contribution in [3.63, 3.8) is 0 Å². The highest BCUT2D eigenvalue weighted by Crippen LogP contribution is 2.32. The molecule has 2 rings (SSSR count). The molecule has 0 aliphatic carbocycles. The van der Waals surface area contributed by atoms with Gasteiger partial charge in [0.05, 0.1) is 11.1 Å². The Labute approximate surface area is 139 Å². The molecule has 4 nitrogen and oxygen atoms in total. The van der Waals surface area contributed by atoms with Crippen molar-refractivity contribution in [3.05, 3.63) is 59.7 Å². The number of carbonyl (C=O) groups excluding carboxylic acids is 2. The molecule has 0 spiro atoms. The Morgan fingerprint density at radius 3 is 2.35 bits per heavy atom. The Kier molecular flexibility index (Phi) is 5.56. The maximum absolute atomic E-state index is 12.3. The molecule has 2 aromatic rings. The standard InChI is InChI=1S/C18H15NO3S/c1-12(20)13(2)22-18(21)15-8-4-6-10-17(15)23-16-9-5-3-7-14(16)11-19/h3-10,13H,1-2H3/t13-/m1/s1. The lowest BCUT2D eigenvalue weighted by Gasteiger charge is -2.13. The van der Waals surface area contributed by atoms with Crippen LogP contribution in [0.25, 0.3) is 0 Å². The molecule has 0 aliphatic heterocycles. The molecule has 5 heteroatoms. The van der Waals surface area contributed by atoms with Crippen molar-refractivity contribution in [2.75, 3.05) is 0 Å². The lowest BCUT2D eigenvalue weighted by Crippen LogP contribution is -2.22. The van der Waals surface area contributed by atoms with Crippen LogP contribution in [0.4, 0.5) is 0 Å². The van der Waals surface area contributed by atoms with Crippen LogP contribution in [0.15, 0.2) is 58.3 Å². The smallest absolute Gasteiger partial charge is 0.339 e. The van der Waals surface area contributed by atoms with E-state index >= 15 is 0 Å². The first kappa shape index (κ1) is 16.8. The summed E-state index contributed by atoms with van der Waals surface area (Å²) in [6.45, 7) is 2.92. The number of hydrogen-bond donors (Lipinski definition) is 0. The molecule has 0 amide bonds. The molecule has 2 aromatic carbocycles. The third-order valence-corrected chi connectivity index (χ3v) is 4.34. The van der Waals surface area contributed by atoms with Crippen LogP contribution in [-0.4, -0.2) is 17.9 Å². The van der Waals surface area contributed by atoms with Gasteiger partial charge in [-0.2, -0.15) is 5.26 Å². The van der Waals surface area contributed by atoms with E-state index in [4.69, 9.17) is 10.00 Å². The van der Waals surface area contributed by atoms with Gasteiger partial charge < -0.3 is 4.74 Å². The number of nitrogens with zero attached hydrogens (tertiary/aromatic N) is 1. The summed E-state index contributed by atoms with van der Waals surface area (Å²) in [6, 6.07) is 16.3. The van der Waals surface area contributed by atoms with Gasteiger partial charge in [-0.25, -0.2) is 4.79 Å². The van der Waals surface area contributed by atoms with Gasteiger partial charge >= 0.3 is 5.97 Å². The lowest BCUT2D eigenvalue weighted by atomic mass is 10.2. The molecule has 1 atom stereocenters. The van der Waals surface area contributed by atoms with Crippen LogP contribution in [0.5, 0.6) is 0 Å². The van der Waals surface area contributed by atoms with Crippen LogP contribution in [-0.2, 0) is 9.53 Å². The van der Waals surface area contributed by atoms with Crippen molar-refractivity contribution in [2.45, 2.75) is 29.7 Å². The molecule has 0 radical (unpaired) electrons. The topological polar surface area (TPSA) is 67.2 Å². The third kappa shape index (κ3) is 4.21. The molecule has 116 valence electrons. The number of rotatable bonds is 5. The summed E-state index contributed by atoms with van der Waals surface area (Å²) < 4.78 is 5.17. The minimum atomic E-state index is -0.785. The number of Topliss-reactive ketones (excluding diaryl/α,β-unsaturated/α-hetero) is 1. The first-order chi connectivity index (χ1) is 11.0. The van der Waals surface area contributed by atoms with Crippen LogP contribution in [0, 0.1) is 11.3 Å². The van der Waals surface area contributed by atoms with Gasteiger partial charge in [0.1, 0.15) is 6.07 Å². The summed E-state index contributed by atoms with van der Waals surface area (Å²) in [5.74, 6) is -0.761. The Morgan fingerprint density at radius 2 is 1.70 bits per heavy atom. The molecule has 0 fully saturated rings. The highest BCUT2D eigenvalue weighted by atomic mass is 32.2. The molecular weight excluding hydrogens is 310 g/mol. The number of benzene rings is 2. The van der Waals surface area contributed by atoms with E-state index in [-0.39, 0.29) is 5.78 Å². The van der Waals surface area contributed by atoms with Gasteiger partial charge in [0.2, 0.25) is 0 Å². The van der Waals surface area contributed by atoms with Crippen molar-refractivity contribution < 1.29 is 14.3 Å². The van der Waals surface area contributed by atoms with E-state index in [0.29, 0.717) is 16.0 Å². The van der Waals surface area contributed by atoms with E-state index in [2.05, 4.69) is 6.07 Å². The monoisotopic (exact) mass is 325 g/mol. The second kappa shape index (κ2) is 7.61. The third-order valence-electron chi connectivity index (χ3n) is 3.19. The molecule has 0 bridgehead atoms. The maximum atomic E-state index is 12.3. The van der Waals surface area contributed by atoms with Crippen molar-refractivity contribution in [1.29, 1.82) is 5.26 Å². The predicted octanol–water partition coefficient (Wildman–Crippen LogP) is 3.84. The van der Waals surface area contributed by atoms with Crippen LogP contribution in [0.2, 0.25) is 0 Å². The zero-order valence-corrected chi connectivity index (χ0v) is 13.6. The molecule has 0 heterocycles. The van der Waals surface area contributed by atoms with Crippen LogP contribution in [0.3, 0.4) is 0 Å². The summed E-state index contributed by atoms with van der Waals surface area (Å²) in [4.78, 5) is 25.0. The summed E-state index contributed by atoms with van der Waals surface area (Å²) in [7, 11) is 0. The van der Waals surface area contributed by atoms with Crippen molar-refractivity contribution in [3.8, 4) is 6.07 Å². The Bertz CT molecular complexity index is 780. The van der Waals surface area contributed by atoms with Gasteiger partial charge in [-0.1, -0.05) is 36.0 Å². The minimum absolute atomic E-state index is 0.210. The molecule has 0 saturated carbocycles. The number of hydrogen-bond acceptors (Lipinski definition) is 5. The number of ketones is 1. The van der Waals surface area contributed by atoms with E-state index in [1.54, 1.807) is 37.3 Å². The van der Waals surface area contributed by atoms with E-state index < -0.39 is 12.1 Å². The Balaban J connectivity index is 2.29. The van der Waals surface area contributed by atoms with Gasteiger partial charge in [-0.15, -0.1) is 0 Å². The molecule has 0 saturated heterocycles. The zero-order valence-electron chi connectivity index (χ0n) is 12.8. The molecule has 0 aliphatic rings. The summed E-state index contributed by atoms with van der Waals surface area (Å²) in [5.41, 5.74) is 0.913. The van der Waals surface area contributed by atoms with Gasteiger partial charge in [0.25, 0.3) is 0 Å². The highest BCUT2D eigenvalue weighted by molar-refractivity contribution is 7.99. The summed E-state index contributed by atoms with van der Waals surface area (Å²) in [6.07, 6.45) is -0.785. The van der Waals surface area contributed by atoms with Crippen molar-refractivity contribution in [1.82, 2.24) is 0 Å². The first-order valence-corrected chi connectivity index (χ1v) is 7.82. The quantitative estimate of drug-likeness (QED) is 0.781. The normalized spacial score (nSPS) is 11.3. The maximum Gasteiger partial charge on any atom is 0.339 e. The lowest BCUT2D eigenvalue weighted by molar-refractivity contribution is -0.124. The largest absolute Gasteiger partial charge is 0.451 e. The average Bonchev–Trinajstić information content (AvgIpc) is 2.55. The fraction of sp³-hybridized carbons (Fsp3) is 0.167.